The first-order chi connectivity index (χ1) is 9.47. The van der Waals surface area contributed by atoms with Gasteiger partial charge in [-0.15, -0.1) is 0 Å². The van der Waals surface area contributed by atoms with Crippen LogP contribution in [0.15, 0.2) is 18.2 Å². The highest BCUT2D eigenvalue weighted by Crippen LogP contribution is 2.30. The minimum atomic E-state index is -0.139. The molecule has 5 heteroatoms. The molecule has 0 bridgehead atoms. The fraction of sp³-hybridized carbons (Fsp3) is 0.533. The molecule has 20 heavy (non-hydrogen) atoms. The minimum Gasteiger partial charge on any atom is -0.493 e. The Hall–Kier alpha value is -1.75. The number of rotatable bonds is 7. The normalized spacial score (nSPS) is 12.1. The summed E-state index contributed by atoms with van der Waals surface area (Å²) in [6.07, 6.45) is 0.299. The number of nitrogens with one attached hydrogen (secondary N) is 1. The third kappa shape index (κ3) is 4.74. The van der Waals surface area contributed by atoms with E-state index in [4.69, 9.17) is 15.2 Å². The van der Waals surface area contributed by atoms with Crippen LogP contribution in [0, 0.1) is 5.92 Å². The zero-order chi connectivity index (χ0) is 15.1. The zero-order valence-electron chi connectivity index (χ0n) is 12.6. The molecule has 0 fully saturated rings. The number of hydrogen-bond donors (Lipinski definition) is 2. The third-order valence-electron chi connectivity index (χ3n) is 3.02. The minimum absolute atomic E-state index is 0.0983. The number of hydrogen-bond acceptors (Lipinski definition) is 4. The van der Waals surface area contributed by atoms with Crippen LogP contribution in [-0.4, -0.2) is 25.7 Å². The van der Waals surface area contributed by atoms with Gasteiger partial charge >= 0.3 is 0 Å². The zero-order valence-corrected chi connectivity index (χ0v) is 12.6. The summed E-state index contributed by atoms with van der Waals surface area (Å²) in [5, 5.41) is 2.82. The van der Waals surface area contributed by atoms with Crippen LogP contribution in [0.4, 0.5) is 5.69 Å². The molecule has 1 amide bonds. The van der Waals surface area contributed by atoms with Crippen LogP contribution in [0.25, 0.3) is 0 Å². The van der Waals surface area contributed by atoms with Gasteiger partial charge in [-0.05, 0) is 25.0 Å². The number of carbonyl (C=O) groups excluding carboxylic acids is 1. The van der Waals surface area contributed by atoms with E-state index in [1.807, 2.05) is 20.8 Å². The van der Waals surface area contributed by atoms with E-state index in [0.29, 0.717) is 30.2 Å². The van der Waals surface area contributed by atoms with Gasteiger partial charge in [-0.2, -0.15) is 0 Å². The van der Waals surface area contributed by atoms with E-state index in [1.165, 1.54) is 0 Å². The van der Waals surface area contributed by atoms with Crippen LogP contribution in [0.3, 0.4) is 0 Å². The molecule has 0 saturated heterocycles. The van der Waals surface area contributed by atoms with Gasteiger partial charge in [0.15, 0.2) is 11.5 Å². The standard InChI is InChI=1S/C15H24N2O3/c1-5-20-14-8-11(6-7-13(14)19-4)17-15(18)9-12(16)10(2)3/h6-8,10,12H,5,9,16H2,1-4H3,(H,17,18). The van der Waals surface area contributed by atoms with Gasteiger partial charge in [0.2, 0.25) is 5.91 Å². The van der Waals surface area contributed by atoms with Crippen LogP contribution in [0.2, 0.25) is 0 Å². The predicted octanol–water partition coefficient (Wildman–Crippen LogP) is 2.41. The van der Waals surface area contributed by atoms with Crippen LogP contribution < -0.4 is 20.5 Å². The lowest BCUT2D eigenvalue weighted by Crippen LogP contribution is -2.31. The Morgan fingerprint density at radius 3 is 2.60 bits per heavy atom. The number of anilines is 1. The summed E-state index contributed by atoms with van der Waals surface area (Å²) in [5.41, 5.74) is 6.56. The molecule has 1 atom stereocenters. The second kappa shape index (κ2) is 7.75. The summed E-state index contributed by atoms with van der Waals surface area (Å²) < 4.78 is 10.7. The van der Waals surface area contributed by atoms with Crippen molar-refractivity contribution in [2.45, 2.75) is 33.2 Å². The first-order valence-corrected chi connectivity index (χ1v) is 6.84. The van der Waals surface area contributed by atoms with Crippen molar-refractivity contribution in [1.82, 2.24) is 0 Å². The number of benzene rings is 1. The Bertz CT molecular complexity index is 447. The van der Waals surface area contributed by atoms with Crippen LogP contribution in [0.5, 0.6) is 11.5 Å². The lowest BCUT2D eigenvalue weighted by molar-refractivity contribution is -0.116. The third-order valence-corrected chi connectivity index (χ3v) is 3.02. The maximum absolute atomic E-state index is 11.9. The van der Waals surface area contributed by atoms with Gasteiger partial charge in [0.1, 0.15) is 0 Å². The lowest BCUT2D eigenvalue weighted by Gasteiger charge is -2.16. The number of nitrogens with two attached hydrogens (primary N) is 1. The largest absolute Gasteiger partial charge is 0.493 e. The smallest absolute Gasteiger partial charge is 0.225 e. The van der Waals surface area contributed by atoms with Gasteiger partial charge in [0.05, 0.1) is 13.7 Å². The van der Waals surface area contributed by atoms with E-state index in [2.05, 4.69) is 5.32 Å². The second-order valence-corrected chi connectivity index (χ2v) is 4.96. The van der Waals surface area contributed by atoms with Crippen molar-refractivity contribution < 1.29 is 14.3 Å². The predicted molar refractivity (Wildman–Crippen MR) is 80.2 cm³/mol. The molecule has 0 aromatic heterocycles. The molecule has 0 saturated carbocycles. The molecule has 3 N–H and O–H groups in total. The van der Waals surface area contributed by atoms with Gasteiger partial charge in [-0.25, -0.2) is 0 Å². The van der Waals surface area contributed by atoms with Crippen molar-refractivity contribution in [3.63, 3.8) is 0 Å². The van der Waals surface area contributed by atoms with E-state index in [0.717, 1.165) is 0 Å². The molecule has 0 spiro atoms. The van der Waals surface area contributed by atoms with Gasteiger partial charge in [-0.3, -0.25) is 4.79 Å². The molecular formula is C15H24N2O3. The summed E-state index contributed by atoms with van der Waals surface area (Å²) in [6, 6.07) is 5.16. The van der Waals surface area contributed by atoms with E-state index >= 15 is 0 Å². The number of ether oxygens (including phenoxy) is 2. The van der Waals surface area contributed by atoms with Crippen LogP contribution >= 0.6 is 0 Å². The average molecular weight is 280 g/mol. The van der Waals surface area contributed by atoms with E-state index in [9.17, 15) is 4.79 Å². The van der Waals surface area contributed by atoms with Crippen LogP contribution in [-0.2, 0) is 4.79 Å². The van der Waals surface area contributed by atoms with E-state index in [1.54, 1.807) is 25.3 Å². The highest BCUT2D eigenvalue weighted by atomic mass is 16.5. The molecular weight excluding hydrogens is 256 g/mol. The van der Waals surface area contributed by atoms with Crippen molar-refractivity contribution in [1.29, 1.82) is 0 Å². The topological polar surface area (TPSA) is 73.6 Å². The number of amides is 1. The number of methoxy groups -OCH3 is 1. The molecule has 1 aromatic carbocycles. The fourth-order valence-corrected chi connectivity index (χ4v) is 1.68. The number of carbonyl (C=O) groups is 1. The van der Waals surface area contributed by atoms with Crippen LogP contribution in [0.1, 0.15) is 27.2 Å². The van der Waals surface area contributed by atoms with Gasteiger partial charge in [-0.1, -0.05) is 13.8 Å². The first kappa shape index (κ1) is 16.3. The molecule has 0 heterocycles. The second-order valence-electron chi connectivity index (χ2n) is 4.96. The fourth-order valence-electron chi connectivity index (χ4n) is 1.68. The Labute approximate surface area is 120 Å². The van der Waals surface area contributed by atoms with Gasteiger partial charge in [0, 0.05) is 24.2 Å². The molecule has 1 unspecified atom stereocenters. The molecule has 0 aliphatic rings. The molecule has 0 aliphatic heterocycles. The van der Waals surface area contributed by atoms with Gasteiger partial charge < -0.3 is 20.5 Å². The van der Waals surface area contributed by atoms with Gasteiger partial charge in [0.25, 0.3) is 0 Å². The highest BCUT2D eigenvalue weighted by molar-refractivity contribution is 5.91. The summed E-state index contributed by atoms with van der Waals surface area (Å²) in [5.74, 6) is 1.43. The molecule has 112 valence electrons. The quantitative estimate of drug-likeness (QED) is 0.804. The summed E-state index contributed by atoms with van der Waals surface area (Å²) >= 11 is 0. The van der Waals surface area contributed by atoms with Crippen molar-refractivity contribution in [2.24, 2.45) is 11.7 Å². The summed E-state index contributed by atoms with van der Waals surface area (Å²) in [7, 11) is 1.58. The highest BCUT2D eigenvalue weighted by Gasteiger charge is 2.14. The summed E-state index contributed by atoms with van der Waals surface area (Å²) in [4.78, 5) is 11.9. The molecule has 1 rings (SSSR count). The Kier molecular flexibility index (Phi) is 6.31. The van der Waals surface area contributed by atoms with Crippen molar-refractivity contribution in [2.75, 3.05) is 19.0 Å². The monoisotopic (exact) mass is 280 g/mol. The van der Waals surface area contributed by atoms with E-state index < -0.39 is 0 Å². The molecule has 0 radical (unpaired) electrons. The maximum Gasteiger partial charge on any atom is 0.225 e. The Morgan fingerprint density at radius 2 is 2.05 bits per heavy atom. The van der Waals surface area contributed by atoms with Crippen molar-refractivity contribution in [3.8, 4) is 11.5 Å². The Balaban J connectivity index is 2.72. The SMILES string of the molecule is CCOc1cc(NC(=O)CC(N)C(C)C)ccc1OC. The van der Waals surface area contributed by atoms with Crippen molar-refractivity contribution >= 4 is 11.6 Å². The molecule has 5 nitrogen and oxygen atoms in total. The van der Waals surface area contributed by atoms with E-state index in [-0.39, 0.29) is 17.9 Å². The van der Waals surface area contributed by atoms with Crippen molar-refractivity contribution in [3.05, 3.63) is 18.2 Å². The summed E-state index contributed by atoms with van der Waals surface area (Å²) in [6.45, 7) is 6.43. The lowest BCUT2D eigenvalue weighted by atomic mass is 10.0. The first-order valence-electron chi connectivity index (χ1n) is 6.84. The Morgan fingerprint density at radius 1 is 1.35 bits per heavy atom. The molecule has 0 aliphatic carbocycles. The maximum atomic E-state index is 11.9. The molecule has 1 aromatic rings. The average Bonchev–Trinajstić information content (AvgIpc) is 2.39.